The zero-order chi connectivity index (χ0) is 11.5. The number of aromatic nitrogens is 2. The van der Waals surface area contributed by atoms with Crippen LogP contribution in [0.5, 0.6) is 0 Å². The zero-order valence-electron chi connectivity index (χ0n) is 9.48. The van der Waals surface area contributed by atoms with Crippen molar-refractivity contribution in [1.82, 2.24) is 15.3 Å². The quantitative estimate of drug-likeness (QED) is 0.820. The molecule has 3 rings (SSSR count). The van der Waals surface area contributed by atoms with Crippen LogP contribution in [0.25, 0.3) is 0 Å². The molecule has 1 aromatic heterocycles. The Bertz CT molecular complexity index is 510. The van der Waals surface area contributed by atoms with E-state index in [0.717, 1.165) is 31.0 Å². The lowest BCUT2D eigenvalue weighted by molar-refractivity contribution is 0.645. The lowest BCUT2D eigenvalue weighted by Crippen LogP contribution is -2.24. The molecule has 0 amide bonds. The number of anilines is 2. The van der Waals surface area contributed by atoms with E-state index < -0.39 is 0 Å². The van der Waals surface area contributed by atoms with Gasteiger partial charge in [-0.3, -0.25) is 4.98 Å². The summed E-state index contributed by atoms with van der Waals surface area (Å²) in [5.74, 6) is 0.784. The predicted molar refractivity (Wildman–Crippen MR) is 67.2 cm³/mol. The van der Waals surface area contributed by atoms with E-state index in [1.807, 2.05) is 0 Å². The molecule has 2 N–H and O–H groups in total. The van der Waals surface area contributed by atoms with Crippen LogP contribution in [0.3, 0.4) is 0 Å². The van der Waals surface area contributed by atoms with Gasteiger partial charge in [0.1, 0.15) is 5.82 Å². The molecule has 0 spiro atoms. The van der Waals surface area contributed by atoms with Crippen LogP contribution in [0, 0.1) is 0 Å². The Morgan fingerprint density at radius 2 is 2.24 bits per heavy atom. The van der Waals surface area contributed by atoms with Gasteiger partial charge in [-0.2, -0.15) is 0 Å². The molecular weight excluding hydrogens is 212 g/mol. The molecule has 2 heterocycles. The molecule has 4 nitrogen and oxygen atoms in total. The zero-order valence-corrected chi connectivity index (χ0v) is 9.48. The molecule has 1 aromatic carbocycles. The van der Waals surface area contributed by atoms with Crippen LogP contribution in [0.15, 0.2) is 36.8 Å². The Kier molecular flexibility index (Phi) is 2.71. The van der Waals surface area contributed by atoms with Crippen molar-refractivity contribution in [2.75, 3.05) is 11.9 Å². The van der Waals surface area contributed by atoms with Gasteiger partial charge in [-0.1, -0.05) is 12.1 Å². The van der Waals surface area contributed by atoms with Crippen LogP contribution in [-0.2, 0) is 13.0 Å². The van der Waals surface area contributed by atoms with Crippen LogP contribution in [0.2, 0.25) is 0 Å². The fourth-order valence-electron chi connectivity index (χ4n) is 2.13. The summed E-state index contributed by atoms with van der Waals surface area (Å²) in [7, 11) is 0. The SMILES string of the molecule is c1cc2c(c(Nc3cnccn3)c1)CNCC2. The number of fused-ring (bicyclic) bond motifs is 1. The monoisotopic (exact) mass is 226 g/mol. The highest BCUT2D eigenvalue weighted by molar-refractivity contribution is 5.62. The van der Waals surface area contributed by atoms with Crippen molar-refractivity contribution in [3.8, 4) is 0 Å². The van der Waals surface area contributed by atoms with E-state index in [2.05, 4.69) is 38.8 Å². The van der Waals surface area contributed by atoms with Crippen LogP contribution < -0.4 is 10.6 Å². The third-order valence-electron chi connectivity index (χ3n) is 2.97. The standard InChI is InChI=1S/C13H14N4/c1-2-10-4-5-14-8-11(10)12(3-1)17-13-9-15-6-7-16-13/h1-3,6-7,9,14H,4-5,8H2,(H,16,17). The first-order chi connectivity index (χ1) is 8.43. The van der Waals surface area contributed by atoms with Crippen LogP contribution in [-0.4, -0.2) is 16.5 Å². The van der Waals surface area contributed by atoms with E-state index in [0.29, 0.717) is 0 Å². The minimum Gasteiger partial charge on any atom is -0.339 e. The summed E-state index contributed by atoms with van der Waals surface area (Å²) < 4.78 is 0. The molecule has 0 bridgehead atoms. The highest BCUT2D eigenvalue weighted by atomic mass is 15.0. The van der Waals surface area contributed by atoms with Gasteiger partial charge >= 0.3 is 0 Å². The second kappa shape index (κ2) is 4.51. The van der Waals surface area contributed by atoms with Gasteiger partial charge in [0.25, 0.3) is 0 Å². The number of nitrogens with zero attached hydrogens (tertiary/aromatic N) is 2. The Labute approximate surface area is 100 Å². The Morgan fingerprint density at radius 3 is 3.12 bits per heavy atom. The topological polar surface area (TPSA) is 49.8 Å². The minimum absolute atomic E-state index is 0.784. The van der Waals surface area contributed by atoms with E-state index >= 15 is 0 Å². The molecule has 0 atom stereocenters. The van der Waals surface area contributed by atoms with Crippen molar-refractivity contribution >= 4 is 11.5 Å². The third-order valence-corrected chi connectivity index (χ3v) is 2.97. The molecular formula is C13H14N4. The van der Waals surface area contributed by atoms with Crippen molar-refractivity contribution in [3.05, 3.63) is 47.9 Å². The first kappa shape index (κ1) is 10.2. The maximum atomic E-state index is 4.23. The van der Waals surface area contributed by atoms with Gasteiger partial charge in [0, 0.05) is 24.6 Å². The fourth-order valence-corrected chi connectivity index (χ4v) is 2.13. The summed E-state index contributed by atoms with van der Waals surface area (Å²) in [5, 5.41) is 6.71. The number of hydrogen-bond acceptors (Lipinski definition) is 4. The van der Waals surface area contributed by atoms with Crippen LogP contribution in [0.4, 0.5) is 11.5 Å². The highest BCUT2D eigenvalue weighted by Crippen LogP contribution is 2.24. The second-order valence-electron chi connectivity index (χ2n) is 4.09. The van der Waals surface area contributed by atoms with Crippen molar-refractivity contribution in [2.24, 2.45) is 0 Å². The average Bonchev–Trinajstić information content (AvgIpc) is 2.40. The maximum absolute atomic E-state index is 4.23. The first-order valence-electron chi connectivity index (χ1n) is 5.78. The number of nitrogens with one attached hydrogen (secondary N) is 2. The molecule has 86 valence electrons. The number of hydrogen-bond donors (Lipinski definition) is 2. The van der Waals surface area contributed by atoms with Gasteiger partial charge in [-0.05, 0) is 30.2 Å². The summed E-state index contributed by atoms with van der Waals surface area (Å²) in [6.07, 6.45) is 6.18. The van der Waals surface area contributed by atoms with Crippen molar-refractivity contribution in [1.29, 1.82) is 0 Å². The highest BCUT2D eigenvalue weighted by Gasteiger charge is 2.12. The average molecular weight is 226 g/mol. The lowest BCUT2D eigenvalue weighted by atomic mass is 9.99. The minimum atomic E-state index is 0.784. The summed E-state index contributed by atoms with van der Waals surface area (Å²) in [5.41, 5.74) is 3.87. The van der Waals surface area contributed by atoms with Gasteiger partial charge in [-0.25, -0.2) is 4.98 Å². The largest absolute Gasteiger partial charge is 0.339 e. The fraction of sp³-hybridized carbons (Fsp3) is 0.231. The summed E-state index contributed by atoms with van der Waals surface area (Å²) >= 11 is 0. The van der Waals surface area contributed by atoms with Gasteiger partial charge in [0.15, 0.2) is 0 Å². The Hall–Kier alpha value is -1.94. The molecule has 0 fully saturated rings. The first-order valence-corrected chi connectivity index (χ1v) is 5.78. The third kappa shape index (κ3) is 2.12. The predicted octanol–water partition coefficient (Wildman–Crippen LogP) is 1.87. The molecule has 17 heavy (non-hydrogen) atoms. The molecule has 1 aliphatic heterocycles. The Morgan fingerprint density at radius 1 is 1.24 bits per heavy atom. The van der Waals surface area contributed by atoms with Gasteiger partial charge in [-0.15, -0.1) is 0 Å². The van der Waals surface area contributed by atoms with E-state index in [1.54, 1.807) is 18.6 Å². The van der Waals surface area contributed by atoms with Crippen molar-refractivity contribution < 1.29 is 0 Å². The molecule has 2 aromatic rings. The molecule has 0 saturated heterocycles. The second-order valence-corrected chi connectivity index (χ2v) is 4.09. The smallest absolute Gasteiger partial charge is 0.148 e. The Balaban J connectivity index is 1.93. The van der Waals surface area contributed by atoms with E-state index in [1.165, 1.54) is 11.1 Å². The normalized spacial score (nSPS) is 14.1. The van der Waals surface area contributed by atoms with Crippen molar-refractivity contribution in [2.45, 2.75) is 13.0 Å². The molecule has 4 heteroatoms. The van der Waals surface area contributed by atoms with Crippen LogP contribution in [0.1, 0.15) is 11.1 Å². The summed E-state index contributed by atoms with van der Waals surface area (Å²) in [6, 6.07) is 6.36. The van der Waals surface area contributed by atoms with Gasteiger partial charge in [0.2, 0.25) is 0 Å². The summed E-state index contributed by atoms with van der Waals surface area (Å²) in [4.78, 5) is 8.28. The number of benzene rings is 1. The lowest BCUT2D eigenvalue weighted by Gasteiger charge is -2.20. The molecule has 0 aliphatic carbocycles. The van der Waals surface area contributed by atoms with Gasteiger partial charge < -0.3 is 10.6 Å². The van der Waals surface area contributed by atoms with E-state index in [9.17, 15) is 0 Å². The van der Waals surface area contributed by atoms with Crippen molar-refractivity contribution in [3.63, 3.8) is 0 Å². The molecule has 0 radical (unpaired) electrons. The maximum Gasteiger partial charge on any atom is 0.148 e. The molecule has 0 saturated carbocycles. The van der Waals surface area contributed by atoms with E-state index in [-0.39, 0.29) is 0 Å². The molecule has 1 aliphatic rings. The van der Waals surface area contributed by atoms with E-state index in [4.69, 9.17) is 0 Å². The van der Waals surface area contributed by atoms with Crippen LogP contribution >= 0.6 is 0 Å². The summed E-state index contributed by atoms with van der Waals surface area (Å²) in [6.45, 7) is 1.97. The number of rotatable bonds is 2. The van der Waals surface area contributed by atoms with Gasteiger partial charge in [0.05, 0.1) is 6.20 Å². The molecule has 0 unspecified atom stereocenters.